The minimum absolute atomic E-state index is 0.0559. The Kier molecular flexibility index (Phi) is 4.78. The van der Waals surface area contributed by atoms with Gasteiger partial charge in [-0.3, -0.25) is 4.79 Å². The van der Waals surface area contributed by atoms with Crippen LogP contribution in [0.3, 0.4) is 0 Å². The lowest BCUT2D eigenvalue weighted by Gasteiger charge is -2.15. The summed E-state index contributed by atoms with van der Waals surface area (Å²) < 4.78 is 0. The highest BCUT2D eigenvalue weighted by atomic mass is 32.1. The molecule has 0 saturated carbocycles. The molecule has 15 heavy (non-hydrogen) atoms. The lowest BCUT2D eigenvalue weighted by molar-refractivity contribution is -0.123. The summed E-state index contributed by atoms with van der Waals surface area (Å²) in [7, 11) is 0. The Hall–Kier alpha value is -0.870. The molecule has 0 aliphatic rings. The molecule has 0 aliphatic heterocycles. The molecule has 0 radical (unpaired) electrons. The lowest BCUT2D eigenvalue weighted by atomic mass is 10.1. The highest BCUT2D eigenvalue weighted by molar-refractivity contribution is 7.10. The molecule has 0 spiro atoms. The van der Waals surface area contributed by atoms with E-state index in [2.05, 4.69) is 5.32 Å². The molecule has 3 nitrogen and oxygen atoms in total. The van der Waals surface area contributed by atoms with Crippen molar-refractivity contribution in [3.8, 4) is 0 Å². The summed E-state index contributed by atoms with van der Waals surface area (Å²) in [6.07, 6.45) is 1.67. The highest BCUT2D eigenvalue weighted by Crippen LogP contribution is 2.18. The van der Waals surface area contributed by atoms with E-state index in [-0.39, 0.29) is 18.0 Å². The quantitative estimate of drug-likeness (QED) is 0.807. The van der Waals surface area contributed by atoms with E-state index in [4.69, 9.17) is 5.73 Å². The maximum atomic E-state index is 11.6. The summed E-state index contributed by atoms with van der Waals surface area (Å²) in [5.41, 5.74) is 5.72. The van der Waals surface area contributed by atoms with Crippen molar-refractivity contribution < 1.29 is 4.79 Å². The van der Waals surface area contributed by atoms with Crippen LogP contribution in [0.2, 0.25) is 0 Å². The standard InChI is InChI=1S/C11H18N2OS/c1-3-5-9(12)11(14)13-8(2)10-6-4-7-15-10/h4,6-9H,3,5,12H2,1-2H3,(H,13,14)/t8-,9?/m1/s1. The Labute approximate surface area is 94.7 Å². The predicted molar refractivity (Wildman–Crippen MR) is 63.8 cm³/mol. The second-order valence-electron chi connectivity index (χ2n) is 3.64. The number of amides is 1. The van der Waals surface area contributed by atoms with Crippen LogP contribution < -0.4 is 11.1 Å². The molecule has 2 atom stereocenters. The predicted octanol–water partition coefficient (Wildman–Crippen LogP) is 2.05. The van der Waals surface area contributed by atoms with Gasteiger partial charge in [-0.2, -0.15) is 0 Å². The first-order chi connectivity index (χ1) is 7.15. The van der Waals surface area contributed by atoms with Crippen LogP contribution in [0.25, 0.3) is 0 Å². The van der Waals surface area contributed by atoms with Crippen LogP contribution in [0, 0.1) is 0 Å². The Bertz CT molecular complexity index is 298. The average Bonchev–Trinajstić information content (AvgIpc) is 2.70. The van der Waals surface area contributed by atoms with Gasteiger partial charge in [0.05, 0.1) is 12.1 Å². The molecular formula is C11H18N2OS. The molecule has 0 fully saturated rings. The molecule has 0 aliphatic carbocycles. The van der Waals surface area contributed by atoms with E-state index in [0.717, 1.165) is 17.7 Å². The largest absolute Gasteiger partial charge is 0.347 e. The molecule has 84 valence electrons. The SMILES string of the molecule is CCCC(N)C(=O)N[C@H](C)c1cccs1. The van der Waals surface area contributed by atoms with Gasteiger partial charge in [0.1, 0.15) is 0 Å². The van der Waals surface area contributed by atoms with Crippen molar-refractivity contribution in [2.24, 2.45) is 5.73 Å². The van der Waals surface area contributed by atoms with Gasteiger partial charge in [0.2, 0.25) is 5.91 Å². The van der Waals surface area contributed by atoms with E-state index < -0.39 is 0 Å². The molecule has 1 heterocycles. The van der Waals surface area contributed by atoms with Crippen LogP contribution in [0.1, 0.15) is 37.6 Å². The Morgan fingerprint density at radius 3 is 2.93 bits per heavy atom. The fourth-order valence-electron chi connectivity index (χ4n) is 1.37. The summed E-state index contributed by atoms with van der Waals surface area (Å²) >= 11 is 1.64. The van der Waals surface area contributed by atoms with Gasteiger partial charge in [-0.25, -0.2) is 0 Å². The van der Waals surface area contributed by atoms with E-state index in [1.54, 1.807) is 11.3 Å². The van der Waals surface area contributed by atoms with Crippen LogP contribution in [-0.2, 0) is 4.79 Å². The topological polar surface area (TPSA) is 55.1 Å². The molecule has 3 N–H and O–H groups in total. The number of hydrogen-bond donors (Lipinski definition) is 2. The molecule has 1 amide bonds. The van der Waals surface area contributed by atoms with E-state index in [0.29, 0.717) is 0 Å². The van der Waals surface area contributed by atoms with Gasteiger partial charge in [-0.1, -0.05) is 19.4 Å². The van der Waals surface area contributed by atoms with E-state index in [1.807, 2.05) is 31.4 Å². The van der Waals surface area contributed by atoms with E-state index >= 15 is 0 Å². The number of nitrogens with two attached hydrogens (primary N) is 1. The van der Waals surface area contributed by atoms with Crippen LogP contribution in [0.4, 0.5) is 0 Å². The number of hydrogen-bond acceptors (Lipinski definition) is 3. The first-order valence-electron chi connectivity index (χ1n) is 5.24. The first kappa shape index (κ1) is 12.2. The average molecular weight is 226 g/mol. The zero-order valence-electron chi connectivity index (χ0n) is 9.19. The molecule has 0 saturated heterocycles. The van der Waals surface area contributed by atoms with Crippen molar-refractivity contribution >= 4 is 17.2 Å². The molecule has 0 bridgehead atoms. The van der Waals surface area contributed by atoms with Gasteiger partial charge in [-0.05, 0) is 24.8 Å². The number of rotatable bonds is 5. The van der Waals surface area contributed by atoms with Crippen molar-refractivity contribution in [1.29, 1.82) is 0 Å². The Balaban J connectivity index is 2.44. The second kappa shape index (κ2) is 5.88. The van der Waals surface area contributed by atoms with Crippen molar-refractivity contribution in [3.05, 3.63) is 22.4 Å². The number of nitrogens with one attached hydrogen (secondary N) is 1. The monoisotopic (exact) mass is 226 g/mol. The Morgan fingerprint density at radius 1 is 1.67 bits per heavy atom. The van der Waals surface area contributed by atoms with Gasteiger partial charge in [0, 0.05) is 4.88 Å². The van der Waals surface area contributed by atoms with Crippen molar-refractivity contribution in [3.63, 3.8) is 0 Å². The van der Waals surface area contributed by atoms with Crippen LogP contribution >= 0.6 is 11.3 Å². The summed E-state index contributed by atoms with van der Waals surface area (Å²) in [5, 5.41) is 4.92. The first-order valence-corrected chi connectivity index (χ1v) is 6.12. The third-order valence-corrected chi connectivity index (χ3v) is 3.32. The fraction of sp³-hybridized carbons (Fsp3) is 0.545. The Morgan fingerprint density at radius 2 is 2.40 bits per heavy atom. The number of carbonyl (C=O) groups is 1. The molecule has 1 rings (SSSR count). The summed E-state index contributed by atoms with van der Waals surface area (Å²) in [6, 6.07) is 3.67. The summed E-state index contributed by atoms with van der Waals surface area (Å²) in [4.78, 5) is 12.8. The minimum Gasteiger partial charge on any atom is -0.347 e. The maximum Gasteiger partial charge on any atom is 0.237 e. The smallest absolute Gasteiger partial charge is 0.237 e. The molecule has 1 aromatic rings. The van der Waals surface area contributed by atoms with Crippen LogP contribution in [0.15, 0.2) is 17.5 Å². The molecule has 1 aromatic heterocycles. The van der Waals surface area contributed by atoms with Crippen molar-refractivity contribution in [2.75, 3.05) is 0 Å². The lowest BCUT2D eigenvalue weighted by Crippen LogP contribution is -2.41. The van der Waals surface area contributed by atoms with Crippen LogP contribution in [-0.4, -0.2) is 11.9 Å². The van der Waals surface area contributed by atoms with Gasteiger partial charge in [0.15, 0.2) is 0 Å². The molecule has 0 aromatic carbocycles. The van der Waals surface area contributed by atoms with Gasteiger partial charge in [0.25, 0.3) is 0 Å². The maximum absolute atomic E-state index is 11.6. The normalized spacial score (nSPS) is 14.6. The molecule has 1 unspecified atom stereocenters. The zero-order chi connectivity index (χ0) is 11.3. The minimum atomic E-state index is -0.377. The third kappa shape index (κ3) is 3.64. The van der Waals surface area contributed by atoms with Crippen molar-refractivity contribution in [2.45, 2.75) is 38.8 Å². The van der Waals surface area contributed by atoms with Crippen LogP contribution in [0.5, 0.6) is 0 Å². The second-order valence-corrected chi connectivity index (χ2v) is 4.62. The summed E-state index contributed by atoms with van der Waals surface area (Å²) in [6.45, 7) is 4.00. The fourth-order valence-corrected chi connectivity index (χ4v) is 2.11. The van der Waals surface area contributed by atoms with Crippen molar-refractivity contribution in [1.82, 2.24) is 5.32 Å². The van der Waals surface area contributed by atoms with Gasteiger partial charge < -0.3 is 11.1 Å². The zero-order valence-corrected chi connectivity index (χ0v) is 10.0. The van der Waals surface area contributed by atoms with Gasteiger partial charge in [-0.15, -0.1) is 11.3 Å². The number of carbonyl (C=O) groups excluding carboxylic acids is 1. The highest BCUT2D eigenvalue weighted by Gasteiger charge is 2.15. The van der Waals surface area contributed by atoms with E-state index in [9.17, 15) is 4.79 Å². The molecular weight excluding hydrogens is 208 g/mol. The summed E-state index contributed by atoms with van der Waals surface area (Å²) in [5.74, 6) is -0.0576. The third-order valence-electron chi connectivity index (χ3n) is 2.27. The van der Waals surface area contributed by atoms with Gasteiger partial charge >= 0.3 is 0 Å². The molecule has 4 heteroatoms. The van der Waals surface area contributed by atoms with E-state index in [1.165, 1.54) is 0 Å². The number of thiophene rings is 1.